The fourth-order valence-electron chi connectivity index (χ4n) is 1.67. The van der Waals surface area contributed by atoms with Gasteiger partial charge in [0, 0.05) is 0 Å². The topological polar surface area (TPSA) is 52.3 Å². The molecule has 3 nitrogen and oxygen atoms in total. The summed E-state index contributed by atoms with van der Waals surface area (Å²) in [4.78, 5) is 11.0. The minimum Gasteiger partial charge on any atom is -0.469 e. The molecule has 0 aromatic carbocycles. The van der Waals surface area contributed by atoms with Gasteiger partial charge in [-0.25, -0.2) is 0 Å². The maximum atomic E-state index is 11.0. The number of rotatable bonds is 2. The summed E-state index contributed by atoms with van der Waals surface area (Å²) in [7, 11) is 1.44. The molecule has 1 aliphatic rings. The SMILES string of the molecule is COC(=O)C1CCC(CN)C1.Cl. The zero-order valence-electron chi connectivity index (χ0n) is 7.29. The molecule has 72 valence electrons. The van der Waals surface area contributed by atoms with Gasteiger partial charge in [0.25, 0.3) is 0 Å². The third-order valence-electron chi connectivity index (χ3n) is 2.41. The highest BCUT2D eigenvalue weighted by molar-refractivity contribution is 5.85. The Kier molecular flexibility index (Phi) is 5.25. The molecule has 1 rings (SSSR count). The Morgan fingerprint density at radius 2 is 2.25 bits per heavy atom. The van der Waals surface area contributed by atoms with Crippen LogP contribution in [0.5, 0.6) is 0 Å². The molecular formula is C8H16ClNO2. The van der Waals surface area contributed by atoms with Gasteiger partial charge in [-0.1, -0.05) is 0 Å². The summed E-state index contributed by atoms with van der Waals surface area (Å²) in [6.45, 7) is 0.702. The Hall–Kier alpha value is -0.280. The van der Waals surface area contributed by atoms with E-state index >= 15 is 0 Å². The van der Waals surface area contributed by atoms with E-state index in [4.69, 9.17) is 5.73 Å². The summed E-state index contributed by atoms with van der Waals surface area (Å²) in [6.07, 6.45) is 2.95. The number of halogens is 1. The first-order chi connectivity index (χ1) is 5.27. The summed E-state index contributed by atoms with van der Waals surface area (Å²) >= 11 is 0. The van der Waals surface area contributed by atoms with E-state index < -0.39 is 0 Å². The Labute approximate surface area is 79.1 Å². The summed E-state index contributed by atoms with van der Waals surface area (Å²) in [6, 6.07) is 0. The van der Waals surface area contributed by atoms with E-state index in [1.54, 1.807) is 0 Å². The average molecular weight is 194 g/mol. The van der Waals surface area contributed by atoms with E-state index in [2.05, 4.69) is 4.74 Å². The van der Waals surface area contributed by atoms with Crippen LogP contribution in [0.3, 0.4) is 0 Å². The van der Waals surface area contributed by atoms with Gasteiger partial charge in [-0.15, -0.1) is 12.4 Å². The van der Waals surface area contributed by atoms with E-state index in [-0.39, 0.29) is 24.3 Å². The summed E-state index contributed by atoms with van der Waals surface area (Å²) in [5.41, 5.74) is 5.49. The fraction of sp³-hybridized carbons (Fsp3) is 0.875. The van der Waals surface area contributed by atoms with Gasteiger partial charge in [-0.2, -0.15) is 0 Å². The van der Waals surface area contributed by atoms with Crippen molar-refractivity contribution in [1.82, 2.24) is 0 Å². The summed E-state index contributed by atoms with van der Waals surface area (Å²) < 4.78 is 4.65. The predicted octanol–water partition coefficient (Wildman–Crippen LogP) is 0.956. The number of esters is 1. The zero-order valence-corrected chi connectivity index (χ0v) is 8.10. The van der Waals surface area contributed by atoms with Gasteiger partial charge in [0.15, 0.2) is 0 Å². The van der Waals surface area contributed by atoms with Crippen molar-refractivity contribution in [2.45, 2.75) is 19.3 Å². The van der Waals surface area contributed by atoms with E-state index in [9.17, 15) is 4.79 Å². The Balaban J connectivity index is 0.00000121. The molecule has 0 bridgehead atoms. The van der Waals surface area contributed by atoms with Crippen LogP contribution in [0.25, 0.3) is 0 Å². The maximum Gasteiger partial charge on any atom is 0.308 e. The van der Waals surface area contributed by atoms with Crippen molar-refractivity contribution >= 4 is 18.4 Å². The minimum atomic E-state index is -0.0686. The van der Waals surface area contributed by atoms with Crippen molar-refractivity contribution < 1.29 is 9.53 Å². The number of carbonyl (C=O) groups excluding carboxylic acids is 1. The molecule has 1 fully saturated rings. The molecular weight excluding hydrogens is 178 g/mol. The monoisotopic (exact) mass is 193 g/mol. The van der Waals surface area contributed by atoms with E-state index in [0.717, 1.165) is 19.3 Å². The first-order valence-corrected chi connectivity index (χ1v) is 4.05. The molecule has 2 N–H and O–H groups in total. The lowest BCUT2D eigenvalue weighted by Gasteiger charge is -2.06. The number of carbonyl (C=O) groups is 1. The van der Waals surface area contributed by atoms with Crippen LogP contribution in [-0.2, 0) is 9.53 Å². The highest BCUT2D eigenvalue weighted by Crippen LogP contribution is 2.30. The zero-order chi connectivity index (χ0) is 8.27. The number of hydrogen-bond donors (Lipinski definition) is 1. The van der Waals surface area contributed by atoms with Crippen molar-refractivity contribution in [1.29, 1.82) is 0 Å². The van der Waals surface area contributed by atoms with Gasteiger partial charge in [0.2, 0.25) is 0 Å². The lowest BCUT2D eigenvalue weighted by atomic mass is 10.1. The molecule has 0 aromatic heterocycles. The second-order valence-corrected chi connectivity index (χ2v) is 3.13. The largest absolute Gasteiger partial charge is 0.469 e. The molecule has 0 aromatic rings. The molecule has 0 heterocycles. The van der Waals surface area contributed by atoms with Crippen LogP contribution >= 0.6 is 12.4 Å². The summed E-state index contributed by atoms with van der Waals surface area (Å²) in [5, 5.41) is 0. The molecule has 0 amide bonds. The van der Waals surface area contributed by atoms with Crippen LogP contribution in [-0.4, -0.2) is 19.6 Å². The third-order valence-corrected chi connectivity index (χ3v) is 2.41. The van der Waals surface area contributed by atoms with E-state index in [1.807, 2.05) is 0 Å². The molecule has 0 aliphatic heterocycles. The normalized spacial score (nSPS) is 27.8. The maximum absolute atomic E-state index is 11.0. The van der Waals surface area contributed by atoms with Crippen LogP contribution < -0.4 is 5.73 Å². The number of nitrogens with two attached hydrogens (primary N) is 1. The molecule has 0 radical (unpaired) electrons. The highest BCUT2D eigenvalue weighted by Gasteiger charge is 2.29. The molecule has 1 saturated carbocycles. The molecule has 2 unspecified atom stereocenters. The Bertz CT molecular complexity index is 152. The van der Waals surface area contributed by atoms with Gasteiger partial charge in [0.1, 0.15) is 0 Å². The van der Waals surface area contributed by atoms with Crippen LogP contribution in [0.1, 0.15) is 19.3 Å². The van der Waals surface area contributed by atoms with E-state index in [1.165, 1.54) is 7.11 Å². The highest BCUT2D eigenvalue weighted by atomic mass is 35.5. The van der Waals surface area contributed by atoms with Crippen molar-refractivity contribution in [3.05, 3.63) is 0 Å². The molecule has 12 heavy (non-hydrogen) atoms. The molecule has 4 heteroatoms. The minimum absolute atomic E-state index is 0. The van der Waals surface area contributed by atoms with Gasteiger partial charge in [0.05, 0.1) is 13.0 Å². The molecule has 0 saturated heterocycles. The van der Waals surface area contributed by atoms with Gasteiger partial charge in [-0.05, 0) is 31.7 Å². The van der Waals surface area contributed by atoms with Crippen molar-refractivity contribution in [2.75, 3.05) is 13.7 Å². The number of hydrogen-bond acceptors (Lipinski definition) is 3. The van der Waals surface area contributed by atoms with Crippen LogP contribution in [0.4, 0.5) is 0 Å². The quantitative estimate of drug-likeness (QED) is 0.665. The Morgan fingerprint density at radius 1 is 1.58 bits per heavy atom. The molecule has 2 atom stereocenters. The number of ether oxygens (including phenoxy) is 1. The van der Waals surface area contributed by atoms with Crippen molar-refractivity contribution in [3.8, 4) is 0 Å². The van der Waals surface area contributed by atoms with E-state index in [0.29, 0.717) is 12.5 Å². The number of methoxy groups -OCH3 is 1. The fourth-order valence-corrected chi connectivity index (χ4v) is 1.67. The second kappa shape index (κ2) is 5.38. The standard InChI is InChI=1S/C8H15NO2.ClH/c1-11-8(10)7-3-2-6(4-7)5-9;/h6-7H,2-5,9H2,1H3;1H. The summed E-state index contributed by atoms with van der Waals surface area (Å²) in [5.74, 6) is 0.591. The van der Waals surface area contributed by atoms with Gasteiger partial charge in [-0.3, -0.25) is 4.79 Å². The second-order valence-electron chi connectivity index (χ2n) is 3.13. The van der Waals surface area contributed by atoms with Gasteiger partial charge < -0.3 is 10.5 Å². The molecule has 0 spiro atoms. The average Bonchev–Trinajstić information content (AvgIpc) is 2.50. The van der Waals surface area contributed by atoms with Crippen LogP contribution in [0, 0.1) is 11.8 Å². The smallest absolute Gasteiger partial charge is 0.308 e. The molecule has 1 aliphatic carbocycles. The third kappa shape index (κ3) is 2.64. The van der Waals surface area contributed by atoms with Crippen molar-refractivity contribution in [2.24, 2.45) is 17.6 Å². The first-order valence-electron chi connectivity index (χ1n) is 4.05. The first kappa shape index (κ1) is 11.7. The van der Waals surface area contributed by atoms with Crippen molar-refractivity contribution in [3.63, 3.8) is 0 Å². The predicted molar refractivity (Wildman–Crippen MR) is 49.1 cm³/mol. The van der Waals surface area contributed by atoms with Crippen LogP contribution in [0.2, 0.25) is 0 Å². The lowest BCUT2D eigenvalue weighted by Crippen LogP contribution is -2.15. The Morgan fingerprint density at radius 3 is 2.67 bits per heavy atom. The lowest BCUT2D eigenvalue weighted by molar-refractivity contribution is -0.145. The van der Waals surface area contributed by atoms with Crippen LogP contribution in [0.15, 0.2) is 0 Å². The van der Waals surface area contributed by atoms with Gasteiger partial charge >= 0.3 is 5.97 Å².